The molecule has 4 unspecified atom stereocenters. The predicted octanol–water partition coefficient (Wildman–Crippen LogP) is 2.51. The number of esters is 2. The van der Waals surface area contributed by atoms with Crippen molar-refractivity contribution in [3.8, 4) is 0 Å². The number of hydrogen-bond donors (Lipinski definition) is 3. The number of fused-ring (bicyclic) bond motifs is 1. The van der Waals surface area contributed by atoms with Crippen molar-refractivity contribution in [1.29, 1.82) is 0 Å². The second kappa shape index (κ2) is 12.4. The van der Waals surface area contributed by atoms with Crippen LogP contribution in [0.25, 0.3) is 0 Å². The molecule has 3 N–H and O–H groups in total. The molecule has 1 spiro atoms. The molecule has 1 aromatic rings. The Balaban J connectivity index is 1.44. The average Bonchev–Trinajstić information content (AvgIpc) is 3.37. The highest BCUT2D eigenvalue weighted by atomic mass is 16.6. The van der Waals surface area contributed by atoms with Crippen molar-refractivity contribution in [3.05, 3.63) is 71.4 Å². The van der Waals surface area contributed by atoms with Crippen molar-refractivity contribution in [2.45, 2.75) is 70.0 Å². The Bertz CT molecular complexity index is 1370. The lowest BCUT2D eigenvalue weighted by atomic mass is 9.50. The largest absolute Gasteiger partial charge is 0.493 e. The lowest BCUT2D eigenvalue weighted by Crippen LogP contribution is -2.71. The molecule has 11 nitrogen and oxygen atoms in total. The van der Waals surface area contributed by atoms with Crippen molar-refractivity contribution in [3.63, 3.8) is 0 Å². The third kappa shape index (κ3) is 5.31. The van der Waals surface area contributed by atoms with E-state index < -0.39 is 47.2 Å². The summed E-state index contributed by atoms with van der Waals surface area (Å²) in [4.78, 5) is 40.4. The molecule has 5 rings (SSSR count). The summed E-state index contributed by atoms with van der Waals surface area (Å²) < 4.78 is 24.0. The average molecular weight is 611 g/mol. The number of benzene rings is 1. The number of amides is 1. The molecule has 4 aliphatic rings. The van der Waals surface area contributed by atoms with Gasteiger partial charge in [-0.2, -0.15) is 0 Å². The number of nitrogens with one attached hydrogen (secondary N) is 1. The van der Waals surface area contributed by atoms with E-state index in [1.54, 1.807) is 43.5 Å². The SMILES string of the molecule is COC1=C2OC3C(OC(=O)[C@@H](OC(=O)CCNC(=O)[C@H](C)O)c4ccccc4)=CC[C@@]4(O)[C@@H](C)N(C)CCC34C2C(C)C=C1. The molecule has 1 aromatic carbocycles. The molecule has 2 fully saturated rings. The first-order chi connectivity index (χ1) is 20.9. The number of aliphatic hydroxyl groups is 2. The second-order valence-electron chi connectivity index (χ2n) is 12.2. The van der Waals surface area contributed by atoms with Crippen LogP contribution in [0.2, 0.25) is 0 Å². The van der Waals surface area contributed by atoms with E-state index in [0.29, 0.717) is 30.0 Å². The van der Waals surface area contributed by atoms with Gasteiger partial charge in [-0.1, -0.05) is 43.3 Å². The standard InChI is InChI=1S/C33H42N2O9/c1-19-11-12-23(41-5)28-26(19)32-16-18-35(4)21(3)33(32,40)15-13-24(29(32)44-28)42-31(39)27(22-9-7-6-8-10-22)43-25(37)14-17-34-30(38)20(2)36/h6-13,19-21,26-27,29,36,40H,14-18H2,1-5H3,(H,34,38)/t19?,20-,21+,26?,27-,29?,32?,33+/m0/s1. The van der Waals surface area contributed by atoms with Crippen molar-refractivity contribution < 1.29 is 43.5 Å². The van der Waals surface area contributed by atoms with Crippen LogP contribution in [0.5, 0.6) is 0 Å². The van der Waals surface area contributed by atoms with Gasteiger partial charge in [0.05, 0.1) is 24.5 Å². The van der Waals surface area contributed by atoms with Gasteiger partial charge >= 0.3 is 11.9 Å². The summed E-state index contributed by atoms with van der Waals surface area (Å²) in [5.41, 5.74) is -1.58. The van der Waals surface area contributed by atoms with Crippen molar-refractivity contribution in [2.24, 2.45) is 17.3 Å². The summed E-state index contributed by atoms with van der Waals surface area (Å²) in [6.07, 6.45) is 2.90. The summed E-state index contributed by atoms with van der Waals surface area (Å²) in [7, 11) is 3.58. The van der Waals surface area contributed by atoms with E-state index in [0.717, 1.165) is 0 Å². The third-order valence-corrected chi connectivity index (χ3v) is 9.79. The summed E-state index contributed by atoms with van der Waals surface area (Å²) in [5.74, 6) is -0.863. The number of carbonyl (C=O) groups excluding carboxylic acids is 3. The van der Waals surface area contributed by atoms with Crippen LogP contribution in [0.15, 0.2) is 65.8 Å². The Morgan fingerprint density at radius 2 is 1.93 bits per heavy atom. The number of rotatable bonds is 9. The van der Waals surface area contributed by atoms with Gasteiger partial charge in [0.15, 0.2) is 11.9 Å². The molecule has 0 saturated carbocycles. The van der Waals surface area contributed by atoms with Crippen LogP contribution in [-0.2, 0) is 33.3 Å². The molecule has 2 saturated heterocycles. The highest BCUT2D eigenvalue weighted by Crippen LogP contribution is 2.66. The second-order valence-corrected chi connectivity index (χ2v) is 12.2. The highest BCUT2D eigenvalue weighted by molar-refractivity contribution is 5.83. The minimum atomic E-state index is -1.39. The first-order valence-corrected chi connectivity index (χ1v) is 15.1. The molecule has 2 aliphatic carbocycles. The quantitative estimate of drug-likeness (QED) is 0.357. The molecule has 11 heteroatoms. The van der Waals surface area contributed by atoms with Crippen LogP contribution >= 0.6 is 0 Å². The maximum atomic E-state index is 13.8. The zero-order valence-corrected chi connectivity index (χ0v) is 25.8. The van der Waals surface area contributed by atoms with Gasteiger partial charge in [0.2, 0.25) is 12.0 Å². The zero-order valence-electron chi connectivity index (χ0n) is 25.8. The molecule has 44 heavy (non-hydrogen) atoms. The lowest BCUT2D eigenvalue weighted by Gasteiger charge is -2.60. The molecule has 0 aromatic heterocycles. The van der Waals surface area contributed by atoms with E-state index >= 15 is 0 Å². The van der Waals surface area contributed by atoms with Gasteiger partial charge in [-0.25, -0.2) is 4.79 Å². The van der Waals surface area contributed by atoms with Crippen molar-refractivity contribution in [2.75, 3.05) is 27.2 Å². The van der Waals surface area contributed by atoms with E-state index in [2.05, 4.69) is 23.2 Å². The van der Waals surface area contributed by atoms with Gasteiger partial charge < -0.3 is 39.4 Å². The van der Waals surface area contributed by atoms with E-state index in [4.69, 9.17) is 18.9 Å². The van der Waals surface area contributed by atoms with Crippen molar-refractivity contribution >= 4 is 17.8 Å². The number of carbonyl (C=O) groups is 3. The van der Waals surface area contributed by atoms with Crippen LogP contribution in [0.3, 0.4) is 0 Å². The summed E-state index contributed by atoms with van der Waals surface area (Å²) >= 11 is 0. The normalized spacial score (nSPS) is 32.2. The Morgan fingerprint density at radius 3 is 2.61 bits per heavy atom. The lowest BCUT2D eigenvalue weighted by molar-refractivity contribution is -0.207. The number of likely N-dealkylation sites (N-methyl/N-ethyl adjacent to an activating group) is 1. The summed E-state index contributed by atoms with van der Waals surface area (Å²) in [5, 5.41) is 24.3. The van der Waals surface area contributed by atoms with Gasteiger partial charge in [-0.15, -0.1) is 0 Å². The molecule has 0 radical (unpaired) electrons. The Kier molecular flexibility index (Phi) is 8.93. The summed E-state index contributed by atoms with van der Waals surface area (Å²) in [6.45, 7) is 6.07. The van der Waals surface area contributed by atoms with Gasteiger partial charge in [-0.3, -0.25) is 9.59 Å². The fourth-order valence-electron chi connectivity index (χ4n) is 7.34. The number of allylic oxidation sites excluding steroid dienone is 3. The van der Waals surface area contributed by atoms with E-state index in [9.17, 15) is 24.6 Å². The summed E-state index contributed by atoms with van der Waals surface area (Å²) in [6, 6.07) is 8.34. The van der Waals surface area contributed by atoms with Gasteiger partial charge in [0, 0.05) is 30.5 Å². The van der Waals surface area contributed by atoms with Gasteiger partial charge in [0.25, 0.3) is 0 Å². The minimum absolute atomic E-state index is 0.0263. The maximum Gasteiger partial charge on any atom is 0.357 e. The molecule has 1 amide bonds. The highest BCUT2D eigenvalue weighted by Gasteiger charge is 2.72. The first kappa shape index (κ1) is 31.7. The Morgan fingerprint density at radius 1 is 1.20 bits per heavy atom. The molecular formula is C33H42N2O9. The number of aliphatic hydroxyl groups excluding tert-OH is 1. The number of ether oxygens (including phenoxy) is 4. The van der Waals surface area contributed by atoms with Crippen LogP contribution in [0, 0.1) is 17.3 Å². The molecule has 0 bridgehead atoms. The van der Waals surface area contributed by atoms with E-state index in [1.165, 1.54) is 6.92 Å². The topological polar surface area (TPSA) is 144 Å². The molecular weight excluding hydrogens is 568 g/mol. The Labute approximate surface area is 257 Å². The number of methoxy groups -OCH3 is 1. The van der Waals surface area contributed by atoms with Crippen molar-refractivity contribution in [1.82, 2.24) is 10.2 Å². The number of likely N-dealkylation sites (tertiary alicyclic amines) is 1. The predicted molar refractivity (Wildman–Crippen MR) is 158 cm³/mol. The first-order valence-electron chi connectivity index (χ1n) is 15.1. The van der Waals surface area contributed by atoms with Crippen LogP contribution in [-0.4, -0.2) is 84.1 Å². The fraction of sp³-hybridized carbons (Fsp3) is 0.545. The van der Waals surface area contributed by atoms with Crippen LogP contribution in [0.1, 0.15) is 51.7 Å². The maximum absolute atomic E-state index is 13.8. The minimum Gasteiger partial charge on any atom is -0.493 e. The molecule has 8 atom stereocenters. The molecule has 2 aliphatic heterocycles. The number of piperidine rings is 1. The van der Waals surface area contributed by atoms with E-state index in [-0.39, 0.29) is 43.0 Å². The van der Waals surface area contributed by atoms with Gasteiger partial charge in [0.1, 0.15) is 17.6 Å². The molecule has 238 valence electrons. The third-order valence-electron chi connectivity index (χ3n) is 9.79. The zero-order chi connectivity index (χ0) is 31.8. The number of hydrogen-bond acceptors (Lipinski definition) is 10. The van der Waals surface area contributed by atoms with Crippen LogP contribution < -0.4 is 5.32 Å². The smallest absolute Gasteiger partial charge is 0.357 e. The fourth-order valence-corrected chi connectivity index (χ4v) is 7.34. The van der Waals surface area contributed by atoms with E-state index in [1.807, 2.05) is 20.0 Å². The monoisotopic (exact) mass is 610 g/mol. The molecule has 2 heterocycles. The Hall–Kier alpha value is -3.67. The van der Waals surface area contributed by atoms with Gasteiger partial charge in [-0.05, 0) is 51.9 Å². The van der Waals surface area contributed by atoms with Crippen LogP contribution in [0.4, 0.5) is 0 Å². The number of nitrogens with zero attached hydrogens (tertiary/aromatic N) is 1.